The number of benzene rings is 2. The summed E-state index contributed by atoms with van der Waals surface area (Å²) in [4.78, 5) is 4.27. The lowest BCUT2D eigenvalue weighted by molar-refractivity contribution is 0.518. The minimum Gasteiger partial charge on any atom is -0.377 e. The van der Waals surface area contributed by atoms with Gasteiger partial charge in [0.2, 0.25) is 0 Å². The molecule has 6 heteroatoms. The Hall–Kier alpha value is -1.72. The van der Waals surface area contributed by atoms with E-state index in [2.05, 4.69) is 10.3 Å². The van der Waals surface area contributed by atoms with E-state index >= 15 is 0 Å². The van der Waals surface area contributed by atoms with Gasteiger partial charge in [-0.1, -0.05) is 23.7 Å². The van der Waals surface area contributed by atoms with Gasteiger partial charge in [0.05, 0.1) is 27.5 Å². The third kappa shape index (κ3) is 2.46. The smallest absolute Gasteiger partial charge is 0.178 e. The maximum absolute atomic E-state index is 13.6. The number of hydrogen-bond donors (Lipinski definition) is 1. The summed E-state index contributed by atoms with van der Waals surface area (Å²) in [7, 11) is 0. The summed E-state index contributed by atoms with van der Waals surface area (Å²) >= 11 is 7.16. The van der Waals surface area contributed by atoms with Crippen molar-refractivity contribution in [1.29, 1.82) is 0 Å². The van der Waals surface area contributed by atoms with E-state index in [0.29, 0.717) is 22.1 Å². The maximum Gasteiger partial charge on any atom is 0.178 e. The van der Waals surface area contributed by atoms with Crippen LogP contribution in [0.4, 0.5) is 14.5 Å². The van der Waals surface area contributed by atoms with Crippen LogP contribution in [0.5, 0.6) is 0 Å². The SMILES string of the molecule is Fc1ccc2nc(CNc3ccccc3Cl)sc2c1F. The van der Waals surface area contributed by atoms with Crippen LogP contribution in [0, 0.1) is 11.6 Å². The Kier molecular flexibility index (Phi) is 3.54. The molecule has 0 aliphatic rings. The Morgan fingerprint density at radius 1 is 1.15 bits per heavy atom. The summed E-state index contributed by atoms with van der Waals surface area (Å²) in [6.45, 7) is 0.407. The minimum absolute atomic E-state index is 0.237. The molecule has 102 valence electrons. The fourth-order valence-corrected chi connectivity index (χ4v) is 2.96. The molecule has 0 spiro atoms. The molecular formula is C14H9ClF2N2S. The monoisotopic (exact) mass is 310 g/mol. The number of rotatable bonds is 3. The lowest BCUT2D eigenvalue weighted by Gasteiger charge is -2.05. The largest absolute Gasteiger partial charge is 0.377 e. The van der Waals surface area contributed by atoms with Gasteiger partial charge >= 0.3 is 0 Å². The van der Waals surface area contributed by atoms with Crippen molar-refractivity contribution >= 4 is 38.8 Å². The molecule has 0 aliphatic carbocycles. The van der Waals surface area contributed by atoms with E-state index in [1.807, 2.05) is 18.2 Å². The average molecular weight is 311 g/mol. The van der Waals surface area contributed by atoms with Crippen LogP contribution >= 0.6 is 22.9 Å². The first-order valence-corrected chi connectivity index (χ1v) is 7.06. The van der Waals surface area contributed by atoms with Crippen molar-refractivity contribution < 1.29 is 8.78 Å². The van der Waals surface area contributed by atoms with Crippen LogP contribution in [-0.2, 0) is 6.54 Å². The zero-order chi connectivity index (χ0) is 14.1. The molecule has 1 N–H and O–H groups in total. The second kappa shape index (κ2) is 5.34. The molecule has 0 fully saturated rings. The number of hydrogen-bond acceptors (Lipinski definition) is 3. The molecule has 0 bridgehead atoms. The number of aromatic nitrogens is 1. The fraction of sp³-hybridized carbons (Fsp3) is 0.0714. The molecule has 0 atom stereocenters. The zero-order valence-corrected chi connectivity index (χ0v) is 11.7. The van der Waals surface area contributed by atoms with Gasteiger partial charge < -0.3 is 5.32 Å². The maximum atomic E-state index is 13.6. The molecule has 3 rings (SSSR count). The van der Waals surface area contributed by atoms with Crippen molar-refractivity contribution in [1.82, 2.24) is 4.98 Å². The summed E-state index contributed by atoms with van der Waals surface area (Å²) in [5.74, 6) is -1.70. The van der Waals surface area contributed by atoms with Gasteiger partial charge in [-0.3, -0.25) is 0 Å². The molecule has 2 nitrogen and oxygen atoms in total. The van der Waals surface area contributed by atoms with Crippen molar-refractivity contribution in [2.75, 3.05) is 5.32 Å². The molecule has 3 aromatic rings. The van der Waals surface area contributed by atoms with E-state index in [4.69, 9.17) is 11.6 Å². The Bertz CT molecular complexity index is 773. The average Bonchev–Trinajstić information content (AvgIpc) is 2.86. The second-order valence-electron chi connectivity index (χ2n) is 4.15. The molecule has 0 radical (unpaired) electrons. The Morgan fingerprint density at radius 3 is 2.75 bits per heavy atom. The molecule has 0 unspecified atom stereocenters. The van der Waals surface area contributed by atoms with Crippen molar-refractivity contribution in [3.05, 3.63) is 58.1 Å². The second-order valence-corrected chi connectivity index (χ2v) is 5.64. The predicted octanol–water partition coefficient (Wildman–Crippen LogP) is 4.84. The molecule has 1 aromatic heterocycles. The number of thiazole rings is 1. The van der Waals surface area contributed by atoms with Gasteiger partial charge in [-0.05, 0) is 24.3 Å². The highest BCUT2D eigenvalue weighted by molar-refractivity contribution is 7.18. The topological polar surface area (TPSA) is 24.9 Å². The molecule has 0 amide bonds. The first kappa shape index (κ1) is 13.3. The van der Waals surface area contributed by atoms with Gasteiger partial charge in [-0.25, -0.2) is 13.8 Å². The summed E-state index contributed by atoms with van der Waals surface area (Å²) in [5.41, 5.74) is 1.24. The fourth-order valence-electron chi connectivity index (χ4n) is 1.83. The van der Waals surface area contributed by atoms with Crippen molar-refractivity contribution in [3.8, 4) is 0 Å². The van der Waals surface area contributed by atoms with Crippen LogP contribution in [0.3, 0.4) is 0 Å². The Morgan fingerprint density at radius 2 is 1.95 bits per heavy atom. The standard InChI is InChI=1S/C14H9ClF2N2S/c15-8-3-1-2-4-10(8)18-7-12-19-11-6-5-9(16)13(17)14(11)20-12/h1-6,18H,7H2. The first-order chi connectivity index (χ1) is 9.65. The number of nitrogens with zero attached hydrogens (tertiary/aromatic N) is 1. The van der Waals surface area contributed by atoms with Gasteiger partial charge in [0.25, 0.3) is 0 Å². The van der Waals surface area contributed by atoms with E-state index in [1.54, 1.807) is 6.07 Å². The van der Waals surface area contributed by atoms with E-state index in [0.717, 1.165) is 23.1 Å². The molecular weight excluding hydrogens is 302 g/mol. The Balaban J connectivity index is 1.85. The summed E-state index contributed by atoms with van der Waals surface area (Å²) in [6.07, 6.45) is 0. The van der Waals surface area contributed by atoms with Crippen molar-refractivity contribution in [2.45, 2.75) is 6.54 Å². The van der Waals surface area contributed by atoms with Crippen LogP contribution in [-0.4, -0.2) is 4.98 Å². The molecule has 20 heavy (non-hydrogen) atoms. The minimum atomic E-state index is -0.855. The highest BCUT2D eigenvalue weighted by Crippen LogP contribution is 2.28. The number of halogens is 3. The number of anilines is 1. The molecule has 1 heterocycles. The lowest BCUT2D eigenvalue weighted by atomic mass is 10.3. The Labute approximate surface area is 123 Å². The lowest BCUT2D eigenvalue weighted by Crippen LogP contribution is -1.98. The van der Waals surface area contributed by atoms with E-state index in [1.165, 1.54) is 6.07 Å². The number of nitrogens with one attached hydrogen (secondary N) is 1. The van der Waals surface area contributed by atoms with Crippen LogP contribution in [0.2, 0.25) is 5.02 Å². The summed E-state index contributed by atoms with van der Waals surface area (Å²) in [6, 6.07) is 9.88. The highest BCUT2D eigenvalue weighted by Gasteiger charge is 2.12. The van der Waals surface area contributed by atoms with Gasteiger partial charge in [-0.15, -0.1) is 11.3 Å². The van der Waals surface area contributed by atoms with Crippen LogP contribution in [0.25, 0.3) is 10.2 Å². The first-order valence-electron chi connectivity index (χ1n) is 5.87. The van der Waals surface area contributed by atoms with Crippen LogP contribution < -0.4 is 5.32 Å². The van der Waals surface area contributed by atoms with E-state index in [-0.39, 0.29) is 4.70 Å². The van der Waals surface area contributed by atoms with E-state index < -0.39 is 11.6 Å². The van der Waals surface area contributed by atoms with Gasteiger partial charge in [-0.2, -0.15) is 0 Å². The van der Waals surface area contributed by atoms with Crippen LogP contribution in [0.1, 0.15) is 5.01 Å². The molecule has 0 saturated heterocycles. The third-order valence-electron chi connectivity index (χ3n) is 2.80. The van der Waals surface area contributed by atoms with Crippen molar-refractivity contribution in [3.63, 3.8) is 0 Å². The molecule has 0 aliphatic heterocycles. The molecule has 0 saturated carbocycles. The van der Waals surface area contributed by atoms with Crippen LogP contribution in [0.15, 0.2) is 36.4 Å². The zero-order valence-electron chi connectivity index (χ0n) is 10.2. The van der Waals surface area contributed by atoms with E-state index in [9.17, 15) is 8.78 Å². The molecule has 2 aromatic carbocycles. The summed E-state index contributed by atoms with van der Waals surface area (Å²) < 4.78 is 27.0. The highest BCUT2D eigenvalue weighted by atomic mass is 35.5. The van der Waals surface area contributed by atoms with Gasteiger partial charge in [0, 0.05) is 0 Å². The number of para-hydroxylation sites is 1. The normalized spacial score (nSPS) is 10.9. The third-order valence-corrected chi connectivity index (χ3v) is 4.19. The number of fused-ring (bicyclic) bond motifs is 1. The van der Waals surface area contributed by atoms with Gasteiger partial charge in [0.15, 0.2) is 11.6 Å². The summed E-state index contributed by atoms with van der Waals surface area (Å²) in [5, 5.41) is 4.40. The van der Waals surface area contributed by atoms with Gasteiger partial charge in [0.1, 0.15) is 5.01 Å². The van der Waals surface area contributed by atoms with Crippen molar-refractivity contribution in [2.24, 2.45) is 0 Å². The predicted molar refractivity (Wildman–Crippen MR) is 78.3 cm³/mol. The quantitative estimate of drug-likeness (QED) is 0.748.